The average Bonchev–Trinajstić information content (AvgIpc) is 3.06. The van der Waals surface area contributed by atoms with Gasteiger partial charge in [0.05, 0.1) is 0 Å². The van der Waals surface area contributed by atoms with Crippen LogP contribution in [0.15, 0.2) is 54.9 Å². The molecule has 0 N–H and O–H groups in total. The van der Waals surface area contributed by atoms with Gasteiger partial charge >= 0.3 is 0 Å². The minimum Gasteiger partial charge on any atom is -0.368 e. The number of benzene rings is 1. The number of carbonyl (C=O) groups excluding carboxylic acids is 1. The highest BCUT2D eigenvalue weighted by atomic mass is 35.5. The van der Waals surface area contributed by atoms with Crippen molar-refractivity contribution in [2.24, 2.45) is 0 Å². The van der Waals surface area contributed by atoms with E-state index in [9.17, 15) is 4.79 Å². The number of nitrogens with zero attached hydrogens (tertiary/aromatic N) is 4. The Hall–Kier alpha value is -2.53. The summed E-state index contributed by atoms with van der Waals surface area (Å²) in [6.45, 7) is 2.99. The second-order valence-electron chi connectivity index (χ2n) is 5.85. The molecule has 1 saturated heterocycles. The Balaban J connectivity index is 1.45. The summed E-state index contributed by atoms with van der Waals surface area (Å²) in [5, 5.41) is 0.736. The van der Waals surface area contributed by atoms with Crippen molar-refractivity contribution in [3.8, 4) is 0 Å². The van der Waals surface area contributed by atoms with Gasteiger partial charge in [-0.25, -0.2) is 4.98 Å². The van der Waals surface area contributed by atoms with E-state index in [0.29, 0.717) is 18.8 Å². The SMILES string of the molecule is O=C(c1cn2ccccc2n1)N1CCN(c2ccc(Cl)cc2)CC1. The summed E-state index contributed by atoms with van der Waals surface area (Å²) in [7, 11) is 0. The van der Waals surface area contributed by atoms with Crippen LogP contribution < -0.4 is 4.90 Å². The number of carbonyl (C=O) groups is 1. The molecule has 0 radical (unpaired) electrons. The van der Waals surface area contributed by atoms with Gasteiger partial charge in [0.1, 0.15) is 11.3 Å². The quantitative estimate of drug-likeness (QED) is 0.720. The van der Waals surface area contributed by atoms with Crippen molar-refractivity contribution in [1.29, 1.82) is 0 Å². The minimum absolute atomic E-state index is 0.00513. The molecule has 1 amide bonds. The molecule has 6 heteroatoms. The summed E-state index contributed by atoms with van der Waals surface area (Å²) >= 11 is 5.94. The van der Waals surface area contributed by atoms with Gasteiger partial charge in [0.15, 0.2) is 0 Å². The van der Waals surface area contributed by atoms with Crippen LogP contribution in [0.3, 0.4) is 0 Å². The van der Waals surface area contributed by atoms with Gasteiger partial charge in [-0.3, -0.25) is 4.79 Å². The number of hydrogen-bond donors (Lipinski definition) is 0. The molecule has 3 aromatic rings. The van der Waals surface area contributed by atoms with E-state index in [0.717, 1.165) is 29.4 Å². The van der Waals surface area contributed by atoms with Crippen LogP contribution in [0.2, 0.25) is 5.02 Å². The minimum atomic E-state index is -0.00513. The van der Waals surface area contributed by atoms with E-state index in [2.05, 4.69) is 9.88 Å². The maximum Gasteiger partial charge on any atom is 0.274 e. The van der Waals surface area contributed by atoms with Crippen LogP contribution in [0.5, 0.6) is 0 Å². The number of halogens is 1. The lowest BCUT2D eigenvalue weighted by Gasteiger charge is -2.35. The number of amides is 1. The van der Waals surface area contributed by atoms with Crippen molar-refractivity contribution >= 4 is 28.8 Å². The first-order valence-corrected chi connectivity index (χ1v) is 8.32. The first-order valence-electron chi connectivity index (χ1n) is 7.94. The molecular formula is C18H17ClN4O. The third-order valence-corrected chi connectivity index (χ3v) is 4.59. The second-order valence-corrected chi connectivity index (χ2v) is 6.28. The number of imidazole rings is 1. The zero-order valence-corrected chi connectivity index (χ0v) is 13.9. The van der Waals surface area contributed by atoms with Crippen molar-refractivity contribution < 1.29 is 4.79 Å². The molecule has 0 bridgehead atoms. The van der Waals surface area contributed by atoms with Crippen molar-refractivity contribution in [3.05, 3.63) is 65.6 Å². The monoisotopic (exact) mass is 340 g/mol. The maximum absolute atomic E-state index is 12.7. The summed E-state index contributed by atoms with van der Waals surface area (Å²) in [4.78, 5) is 21.2. The molecule has 0 aliphatic carbocycles. The lowest BCUT2D eigenvalue weighted by Crippen LogP contribution is -2.48. The zero-order chi connectivity index (χ0) is 16.5. The molecule has 2 aromatic heterocycles. The van der Waals surface area contributed by atoms with E-state index in [1.54, 1.807) is 6.20 Å². The number of hydrogen-bond acceptors (Lipinski definition) is 3. The first-order chi connectivity index (χ1) is 11.7. The summed E-state index contributed by atoms with van der Waals surface area (Å²) in [5.74, 6) is -0.00513. The highest BCUT2D eigenvalue weighted by molar-refractivity contribution is 6.30. The van der Waals surface area contributed by atoms with E-state index >= 15 is 0 Å². The summed E-state index contributed by atoms with van der Waals surface area (Å²) < 4.78 is 1.87. The average molecular weight is 341 g/mol. The van der Waals surface area contributed by atoms with Gasteiger partial charge in [-0.1, -0.05) is 17.7 Å². The van der Waals surface area contributed by atoms with E-state index < -0.39 is 0 Å². The molecule has 1 fully saturated rings. The molecule has 122 valence electrons. The fourth-order valence-electron chi connectivity index (χ4n) is 3.02. The lowest BCUT2D eigenvalue weighted by molar-refractivity contribution is 0.0741. The largest absolute Gasteiger partial charge is 0.368 e. The Labute approximate surface area is 145 Å². The van der Waals surface area contributed by atoms with Crippen LogP contribution in [-0.2, 0) is 0 Å². The van der Waals surface area contributed by atoms with Gasteiger partial charge in [0.25, 0.3) is 5.91 Å². The predicted molar refractivity (Wildman–Crippen MR) is 94.8 cm³/mol. The van der Waals surface area contributed by atoms with Gasteiger partial charge in [-0.05, 0) is 36.4 Å². The topological polar surface area (TPSA) is 40.9 Å². The Morgan fingerprint density at radius 2 is 1.75 bits per heavy atom. The molecule has 3 heterocycles. The number of anilines is 1. The van der Waals surface area contributed by atoms with Crippen molar-refractivity contribution in [3.63, 3.8) is 0 Å². The van der Waals surface area contributed by atoms with E-state index in [1.807, 2.05) is 58.0 Å². The van der Waals surface area contributed by atoms with Crippen LogP contribution in [-0.4, -0.2) is 46.4 Å². The Kier molecular flexibility index (Phi) is 3.86. The molecule has 4 rings (SSSR count). The van der Waals surface area contributed by atoms with Crippen LogP contribution in [0.1, 0.15) is 10.5 Å². The molecule has 0 spiro atoms. The van der Waals surface area contributed by atoms with Crippen LogP contribution in [0.25, 0.3) is 5.65 Å². The van der Waals surface area contributed by atoms with Gasteiger partial charge in [0.2, 0.25) is 0 Å². The van der Waals surface area contributed by atoms with Crippen molar-refractivity contribution in [2.45, 2.75) is 0 Å². The standard InChI is InChI=1S/C18H17ClN4O/c19-14-4-6-15(7-5-14)21-9-11-22(12-10-21)18(24)16-13-23-8-2-1-3-17(23)20-16/h1-8,13H,9-12H2. The zero-order valence-electron chi connectivity index (χ0n) is 13.1. The van der Waals surface area contributed by atoms with Gasteiger partial charge < -0.3 is 14.2 Å². The number of piperazine rings is 1. The molecule has 0 saturated carbocycles. The van der Waals surface area contributed by atoms with E-state index in [1.165, 1.54) is 0 Å². The molecule has 1 aromatic carbocycles. The molecule has 5 nitrogen and oxygen atoms in total. The fourth-order valence-corrected chi connectivity index (χ4v) is 3.15. The molecule has 0 unspecified atom stereocenters. The number of pyridine rings is 1. The van der Waals surface area contributed by atoms with Gasteiger partial charge in [-0.2, -0.15) is 0 Å². The lowest BCUT2D eigenvalue weighted by atomic mass is 10.2. The Morgan fingerprint density at radius 1 is 1.00 bits per heavy atom. The van der Waals surface area contributed by atoms with Crippen LogP contribution >= 0.6 is 11.6 Å². The van der Waals surface area contributed by atoms with Crippen molar-refractivity contribution in [1.82, 2.24) is 14.3 Å². The molecular weight excluding hydrogens is 324 g/mol. The third-order valence-electron chi connectivity index (χ3n) is 4.34. The van der Waals surface area contributed by atoms with E-state index in [-0.39, 0.29) is 5.91 Å². The van der Waals surface area contributed by atoms with Crippen LogP contribution in [0, 0.1) is 0 Å². The second kappa shape index (κ2) is 6.17. The highest BCUT2D eigenvalue weighted by Gasteiger charge is 2.24. The van der Waals surface area contributed by atoms with Crippen molar-refractivity contribution in [2.75, 3.05) is 31.1 Å². The normalized spacial score (nSPS) is 15.0. The Morgan fingerprint density at radius 3 is 2.46 bits per heavy atom. The first kappa shape index (κ1) is 15.0. The highest BCUT2D eigenvalue weighted by Crippen LogP contribution is 2.20. The number of aromatic nitrogens is 2. The summed E-state index contributed by atoms with van der Waals surface area (Å²) in [5.41, 5.74) is 2.43. The molecule has 1 aliphatic heterocycles. The van der Waals surface area contributed by atoms with Gasteiger partial charge in [0, 0.05) is 49.3 Å². The smallest absolute Gasteiger partial charge is 0.274 e. The maximum atomic E-state index is 12.7. The Bertz CT molecular complexity index is 833. The van der Waals surface area contributed by atoms with E-state index in [4.69, 9.17) is 11.6 Å². The fraction of sp³-hybridized carbons (Fsp3) is 0.222. The summed E-state index contributed by atoms with van der Waals surface area (Å²) in [6.07, 6.45) is 3.70. The molecule has 24 heavy (non-hydrogen) atoms. The predicted octanol–water partition coefficient (Wildman–Crippen LogP) is 2.95. The van der Waals surface area contributed by atoms with Gasteiger partial charge in [-0.15, -0.1) is 0 Å². The summed E-state index contributed by atoms with van der Waals surface area (Å²) in [6, 6.07) is 13.6. The molecule has 1 aliphatic rings. The van der Waals surface area contributed by atoms with Crippen LogP contribution in [0.4, 0.5) is 5.69 Å². The molecule has 0 atom stereocenters. The number of fused-ring (bicyclic) bond motifs is 1. The number of rotatable bonds is 2. The third kappa shape index (κ3) is 2.83.